The van der Waals surface area contributed by atoms with Crippen molar-refractivity contribution in [3.63, 3.8) is 0 Å². The van der Waals surface area contributed by atoms with Crippen LogP contribution in [0.15, 0.2) is 33.9 Å². The Bertz CT molecular complexity index is 1090. The van der Waals surface area contributed by atoms with Crippen LogP contribution < -0.4 is 11.2 Å². The molecule has 0 atom stereocenters. The second kappa shape index (κ2) is 9.68. The molecule has 9 nitrogen and oxygen atoms in total. The number of para-hydroxylation sites is 1. The van der Waals surface area contributed by atoms with Crippen molar-refractivity contribution in [2.75, 3.05) is 39.9 Å². The molecule has 32 heavy (non-hydrogen) atoms. The molecular formula is C23H30N4O5. The smallest absolute Gasteiger partial charge is 0.328 e. The summed E-state index contributed by atoms with van der Waals surface area (Å²) in [4.78, 5) is 56.5. The molecule has 2 aromatic rings. The standard InChI is InChI=1S/C23H30N4O5/c1-32-15-20(28)25-10-12-26(13-11-25)21(29)17-8-6-16(7-9-17)14-27-22(30)18-4-2-3-5-19(18)24-23(27)31/h2-5,16-17H,6-15H2,1H3,(H,24,31)/t16-,17-. The number of nitrogens with one attached hydrogen (secondary N) is 1. The van der Waals surface area contributed by atoms with E-state index in [0.29, 0.717) is 43.6 Å². The Balaban J connectivity index is 1.32. The molecular weight excluding hydrogens is 412 g/mol. The number of aromatic amines is 1. The number of piperazine rings is 1. The highest BCUT2D eigenvalue weighted by Gasteiger charge is 2.32. The molecule has 9 heteroatoms. The van der Waals surface area contributed by atoms with Crippen LogP contribution in [0.1, 0.15) is 25.7 Å². The summed E-state index contributed by atoms with van der Waals surface area (Å²) in [6, 6.07) is 7.03. The first kappa shape index (κ1) is 22.3. The number of nitrogens with zero attached hydrogens (tertiary/aromatic N) is 3. The van der Waals surface area contributed by atoms with Gasteiger partial charge in [-0.05, 0) is 43.7 Å². The third kappa shape index (κ3) is 4.62. The van der Waals surface area contributed by atoms with Gasteiger partial charge in [-0.15, -0.1) is 0 Å². The quantitative estimate of drug-likeness (QED) is 0.738. The summed E-state index contributed by atoms with van der Waals surface area (Å²) in [7, 11) is 1.50. The molecule has 2 amide bonds. The van der Waals surface area contributed by atoms with E-state index in [1.165, 1.54) is 11.7 Å². The summed E-state index contributed by atoms with van der Waals surface area (Å²) < 4.78 is 6.20. The average Bonchev–Trinajstić information content (AvgIpc) is 2.82. The molecule has 172 valence electrons. The Morgan fingerprint density at radius 1 is 1.00 bits per heavy atom. The van der Waals surface area contributed by atoms with Gasteiger partial charge >= 0.3 is 5.69 Å². The highest BCUT2D eigenvalue weighted by molar-refractivity contribution is 5.80. The van der Waals surface area contributed by atoms with Gasteiger partial charge in [0.15, 0.2) is 0 Å². The van der Waals surface area contributed by atoms with Gasteiger partial charge in [0.25, 0.3) is 5.56 Å². The van der Waals surface area contributed by atoms with Gasteiger partial charge in [-0.25, -0.2) is 4.79 Å². The predicted molar refractivity (Wildman–Crippen MR) is 119 cm³/mol. The summed E-state index contributed by atoms with van der Waals surface area (Å²) in [5, 5.41) is 0.513. The topological polar surface area (TPSA) is 105 Å². The fourth-order valence-electron chi connectivity index (χ4n) is 4.86. The molecule has 2 aliphatic rings. The Hall–Kier alpha value is -2.94. The molecule has 1 aromatic heterocycles. The van der Waals surface area contributed by atoms with Gasteiger partial charge in [0.05, 0.1) is 10.9 Å². The van der Waals surface area contributed by atoms with Crippen molar-refractivity contribution < 1.29 is 14.3 Å². The van der Waals surface area contributed by atoms with E-state index in [1.54, 1.807) is 29.2 Å². The molecule has 1 saturated carbocycles. The molecule has 2 heterocycles. The third-order valence-electron chi connectivity index (χ3n) is 6.74. The molecule has 0 unspecified atom stereocenters. The van der Waals surface area contributed by atoms with Crippen LogP contribution in [0.3, 0.4) is 0 Å². The van der Waals surface area contributed by atoms with Gasteiger partial charge in [-0.1, -0.05) is 12.1 Å². The summed E-state index contributed by atoms with van der Waals surface area (Å²) in [5.74, 6) is 0.281. The van der Waals surface area contributed by atoms with Gasteiger partial charge in [0.2, 0.25) is 11.8 Å². The van der Waals surface area contributed by atoms with Crippen molar-refractivity contribution in [1.29, 1.82) is 0 Å². The molecule has 0 radical (unpaired) electrons. The van der Waals surface area contributed by atoms with Gasteiger partial charge < -0.3 is 19.5 Å². The second-order valence-electron chi connectivity index (χ2n) is 8.75. The highest BCUT2D eigenvalue weighted by atomic mass is 16.5. The fourth-order valence-corrected chi connectivity index (χ4v) is 4.86. The lowest BCUT2D eigenvalue weighted by molar-refractivity contribution is -0.144. The third-order valence-corrected chi connectivity index (χ3v) is 6.74. The lowest BCUT2D eigenvalue weighted by atomic mass is 9.81. The van der Waals surface area contributed by atoms with Crippen molar-refractivity contribution in [3.05, 3.63) is 45.1 Å². The number of carbonyl (C=O) groups excluding carboxylic acids is 2. The van der Waals surface area contributed by atoms with Gasteiger partial charge in [0.1, 0.15) is 6.61 Å². The van der Waals surface area contributed by atoms with E-state index < -0.39 is 0 Å². The van der Waals surface area contributed by atoms with E-state index >= 15 is 0 Å². The Labute approximate surface area is 186 Å². The molecule has 1 aliphatic heterocycles. The SMILES string of the molecule is COCC(=O)N1CCN(C(=O)[C@H]2CC[C@H](Cn3c(=O)[nH]c4ccccc4c3=O)CC2)CC1. The molecule has 1 aromatic carbocycles. The minimum atomic E-state index is -0.382. The maximum absolute atomic E-state index is 13.0. The van der Waals surface area contributed by atoms with Crippen molar-refractivity contribution in [3.8, 4) is 0 Å². The molecule has 0 spiro atoms. The van der Waals surface area contributed by atoms with Crippen LogP contribution in [-0.4, -0.2) is 71.1 Å². The van der Waals surface area contributed by atoms with Gasteiger partial charge in [-0.3, -0.25) is 19.0 Å². The van der Waals surface area contributed by atoms with E-state index in [0.717, 1.165) is 25.7 Å². The first-order valence-electron chi connectivity index (χ1n) is 11.2. The first-order chi connectivity index (χ1) is 15.5. The van der Waals surface area contributed by atoms with Crippen molar-refractivity contribution in [2.45, 2.75) is 32.2 Å². The highest BCUT2D eigenvalue weighted by Crippen LogP contribution is 2.31. The average molecular weight is 443 g/mol. The van der Waals surface area contributed by atoms with Crippen LogP contribution in [0, 0.1) is 11.8 Å². The summed E-state index contributed by atoms with van der Waals surface area (Å²) in [6.07, 6.45) is 3.13. The number of aromatic nitrogens is 2. The number of amides is 2. The molecule has 0 bridgehead atoms. The van der Waals surface area contributed by atoms with Crippen molar-refractivity contribution >= 4 is 22.7 Å². The zero-order chi connectivity index (χ0) is 22.7. The summed E-state index contributed by atoms with van der Waals surface area (Å²) in [5.41, 5.74) is -0.0895. The zero-order valence-electron chi connectivity index (χ0n) is 18.4. The zero-order valence-corrected chi connectivity index (χ0v) is 18.4. The van der Waals surface area contributed by atoms with Crippen LogP contribution in [0.5, 0.6) is 0 Å². The van der Waals surface area contributed by atoms with E-state index in [9.17, 15) is 19.2 Å². The number of fused-ring (bicyclic) bond motifs is 1. The first-order valence-corrected chi connectivity index (χ1v) is 11.2. The minimum absolute atomic E-state index is 0.0286. The number of rotatable bonds is 5. The number of hydrogen-bond donors (Lipinski definition) is 1. The Morgan fingerprint density at radius 3 is 2.34 bits per heavy atom. The van der Waals surface area contributed by atoms with Crippen LogP contribution >= 0.6 is 0 Å². The largest absolute Gasteiger partial charge is 0.375 e. The molecule has 1 aliphatic carbocycles. The lowest BCUT2D eigenvalue weighted by Gasteiger charge is -2.38. The number of ether oxygens (including phenoxy) is 1. The van der Waals surface area contributed by atoms with Crippen LogP contribution in [0.2, 0.25) is 0 Å². The number of hydrogen-bond acceptors (Lipinski definition) is 5. The van der Waals surface area contributed by atoms with Gasteiger partial charge in [0, 0.05) is 45.8 Å². The Morgan fingerprint density at radius 2 is 1.66 bits per heavy atom. The minimum Gasteiger partial charge on any atom is -0.375 e. The predicted octanol–water partition coefficient (Wildman–Crippen LogP) is 0.813. The van der Waals surface area contributed by atoms with E-state index in [1.807, 2.05) is 4.90 Å². The molecule has 2 fully saturated rings. The van der Waals surface area contributed by atoms with Crippen LogP contribution in [0.4, 0.5) is 0 Å². The summed E-state index contributed by atoms with van der Waals surface area (Å²) in [6.45, 7) is 2.63. The number of carbonyl (C=O) groups is 2. The maximum atomic E-state index is 13.0. The van der Waals surface area contributed by atoms with Crippen LogP contribution in [-0.2, 0) is 20.9 Å². The fraction of sp³-hybridized carbons (Fsp3) is 0.565. The second-order valence-corrected chi connectivity index (χ2v) is 8.75. The number of H-pyrrole nitrogens is 1. The van der Waals surface area contributed by atoms with Crippen LogP contribution in [0.25, 0.3) is 10.9 Å². The maximum Gasteiger partial charge on any atom is 0.328 e. The van der Waals surface area contributed by atoms with Gasteiger partial charge in [-0.2, -0.15) is 0 Å². The normalized spacial score (nSPS) is 21.7. The molecule has 1 saturated heterocycles. The Kier molecular flexibility index (Phi) is 6.74. The number of methoxy groups -OCH3 is 1. The molecule has 1 N–H and O–H groups in total. The van der Waals surface area contributed by atoms with Crippen molar-refractivity contribution in [2.24, 2.45) is 11.8 Å². The van der Waals surface area contributed by atoms with Crippen molar-refractivity contribution in [1.82, 2.24) is 19.4 Å². The van der Waals surface area contributed by atoms with E-state index in [4.69, 9.17) is 4.74 Å². The molecule has 4 rings (SSSR count). The van der Waals surface area contributed by atoms with E-state index in [-0.39, 0.29) is 41.5 Å². The number of benzene rings is 1. The summed E-state index contributed by atoms with van der Waals surface area (Å²) >= 11 is 0. The lowest BCUT2D eigenvalue weighted by Crippen LogP contribution is -2.52. The monoisotopic (exact) mass is 442 g/mol. The van der Waals surface area contributed by atoms with E-state index in [2.05, 4.69) is 4.98 Å².